The van der Waals surface area contributed by atoms with Gasteiger partial charge < -0.3 is 14.2 Å². The molecule has 6 rings (SSSR count). The maximum Gasteiger partial charge on any atom is 0.289 e. The fraction of sp³-hybridized carbons (Fsp3) is 0.241. The van der Waals surface area contributed by atoms with E-state index in [9.17, 15) is 9.59 Å². The molecule has 11 nitrogen and oxygen atoms in total. The number of hydrogen-bond donors (Lipinski definition) is 0. The summed E-state index contributed by atoms with van der Waals surface area (Å²) in [6.07, 6.45) is 10.1. The number of carbonyl (C=O) groups excluding carboxylic acids is 2. The van der Waals surface area contributed by atoms with Crippen LogP contribution in [0.25, 0.3) is 33.4 Å². The molecule has 0 spiro atoms. The van der Waals surface area contributed by atoms with Gasteiger partial charge in [-0.2, -0.15) is 0 Å². The fourth-order valence-electron chi connectivity index (χ4n) is 4.90. The molecule has 11 heteroatoms. The second-order valence-corrected chi connectivity index (χ2v) is 9.90. The normalized spacial score (nSPS) is 13.4. The summed E-state index contributed by atoms with van der Waals surface area (Å²) in [5.74, 6) is 0.153. The van der Waals surface area contributed by atoms with Crippen LogP contribution in [-0.2, 0) is 11.3 Å². The van der Waals surface area contributed by atoms with Crippen LogP contribution < -0.4 is 0 Å². The number of rotatable bonds is 7. The first-order chi connectivity index (χ1) is 19.5. The lowest BCUT2D eigenvalue weighted by molar-refractivity contribution is -0.131. The number of aromatic nitrogens is 6. The maximum absolute atomic E-state index is 13.0. The monoisotopic (exact) mass is 536 g/mol. The van der Waals surface area contributed by atoms with E-state index in [4.69, 9.17) is 4.42 Å². The van der Waals surface area contributed by atoms with E-state index < -0.39 is 0 Å². The van der Waals surface area contributed by atoms with E-state index in [1.165, 1.54) is 4.90 Å². The molecule has 2 amide bonds. The van der Waals surface area contributed by atoms with Crippen LogP contribution in [0.2, 0.25) is 0 Å². The molecule has 0 saturated carbocycles. The first-order valence-corrected chi connectivity index (χ1v) is 13.0. The number of nitrogens with zero attached hydrogens (tertiary/aromatic N) is 8. The van der Waals surface area contributed by atoms with Crippen molar-refractivity contribution >= 4 is 28.4 Å². The molecule has 0 unspecified atom stereocenters. The van der Waals surface area contributed by atoms with Gasteiger partial charge in [-0.05, 0) is 53.5 Å². The Hall–Kier alpha value is -5.06. The van der Waals surface area contributed by atoms with Crippen molar-refractivity contribution in [3.05, 3.63) is 84.7 Å². The lowest BCUT2D eigenvalue weighted by atomic mass is 9.94. The lowest BCUT2D eigenvalue weighted by Crippen LogP contribution is -2.35. The van der Waals surface area contributed by atoms with Gasteiger partial charge in [0, 0.05) is 50.8 Å². The second kappa shape index (κ2) is 10.6. The van der Waals surface area contributed by atoms with Gasteiger partial charge in [0.1, 0.15) is 5.58 Å². The molecule has 202 valence electrons. The largest absolute Gasteiger partial charge is 0.450 e. The van der Waals surface area contributed by atoms with E-state index in [0.717, 1.165) is 39.8 Å². The van der Waals surface area contributed by atoms with Crippen LogP contribution in [0.1, 0.15) is 29.0 Å². The van der Waals surface area contributed by atoms with Gasteiger partial charge >= 0.3 is 0 Å². The van der Waals surface area contributed by atoms with Crippen LogP contribution in [0.4, 0.5) is 0 Å². The number of aryl methyl sites for hydroxylation is 1. The van der Waals surface area contributed by atoms with E-state index in [-0.39, 0.29) is 17.6 Å². The number of amides is 2. The molecule has 0 radical (unpaired) electrons. The minimum Gasteiger partial charge on any atom is -0.450 e. The first-order valence-electron chi connectivity index (χ1n) is 13.0. The predicted molar refractivity (Wildman–Crippen MR) is 148 cm³/mol. The predicted octanol–water partition coefficient (Wildman–Crippen LogP) is 3.68. The summed E-state index contributed by atoms with van der Waals surface area (Å²) < 4.78 is 9.49. The van der Waals surface area contributed by atoms with Crippen LogP contribution >= 0.6 is 0 Å². The van der Waals surface area contributed by atoms with Crippen molar-refractivity contribution < 1.29 is 14.0 Å². The number of benzene rings is 2. The summed E-state index contributed by atoms with van der Waals surface area (Å²) in [5, 5.41) is 16.5. The molecular weight excluding hydrogens is 508 g/mol. The summed E-state index contributed by atoms with van der Waals surface area (Å²) in [6, 6.07) is 13.8. The molecule has 0 N–H and O–H groups in total. The molecule has 40 heavy (non-hydrogen) atoms. The Labute approximate surface area is 230 Å². The topological polar surface area (TPSA) is 115 Å². The highest BCUT2D eigenvalue weighted by molar-refractivity contribution is 6.01. The number of hydrogen-bond acceptors (Lipinski definition) is 7. The Bertz CT molecular complexity index is 1680. The Balaban J connectivity index is 1.34. The molecule has 1 aliphatic rings. The first kappa shape index (κ1) is 25.2. The van der Waals surface area contributed by atoms with E-state index in [1.54, 1.807) is 54.3 Å². The Kier molecular flexibility index (Phi) is 6.69. The molecular formula is C29H28N8O3. The average Bonchev–Trinajstić information content (AvgIpc) is 3.77. The molecule has 3 aromatic heterocycles. The summed E-state index contributed by atoms with van der Waals surface area (Å²) in [7, 11) is 3.40. The van der Waals surface area contributed by atoms with Gasteiger partial charge in [-0.1, -0.05) is 28.6 Å². The quantitative estimate of drug-likeness (QED) is 0.312. The number of fused-ring (bicyclic) bond motifs is 1. The third-order valence-electron chi connectivity index (χ3n) is 7.00. The summed E-state index contributed by atoms with van der Waals surface area (Å²) in [6.45, 7) is 1.67. The molecule has 2 aromatic carbocycles. The molecule has 4 heterocycles. The smallest absolute Gasteiger partial charge is 0.289 e. The van der Waals surface area contributed by atoms with Gasteiger partial charge in [0.05, 0.1) is 30.8 Å². The minimum absolute atomic E-state index is 0.0771. The van der Waals surface area contributed by atoms with Crippen LogP contribution in [0.5, 0.6) is 0 Å². The van der Waals surface area contributed by atoms with Crippen molar-refractivity contribution in [2.75, 3.05) is 27.2 Å². The highest BCUT2D eigenvalue weighted by Crippen LogP contribution is 2.36. The van der Waals surface area contributed by atoms with Crippen molar-refractivity contribution in [2.45, 2.75) is 19.4 Å². The SMILES string of the molecule is CN(C)C(=O)c1cc2cc(C3=CCCN(C(=O)CCn4ccnn4)C3)cc(-c3ccc(-n4ccnn4)cc3)c2o1. The molecule has 5 aromatic rings. The third-order valence-corrected chi connectivity index (χ3v) is 7.00. The van der Waals surface area contributed by atoms with Crippen LogP contribution in [0, 0.1) is 0 Å². The van der Waals surface area contributed by atoms with Gasteiger partial charge in [0.25, 0.3) is 5.91 Å². The van der Waals surface area contributed by atoms with Crippen molar-refractivity contribution in [2.24, 2.45) is 0 Å². The Morgan fingerprint density at radius 3 is 2.50 bits per heavy atom. The number of furan rings is 1. The molecule has 0 aliphatic carbocycles. The van der Waals surface area contributed by atoms with Crippen LogP contribution in [-0.4, -0.2) is 78.8 Å². The standard InChI is InChI=1S/C29H28N8O3/c1-34(2)29(39)26-18-23-16-22(21-4-3-12-35(19-21)27(38)9-13-36-14-10-30-32-36)17-25(28(23)40-26)20-5-7-24(8-6-20)37-15-11-31-33-37/h4-8,10-11,14-18H,3,9,12-13,19H2,1-2H3. The van der Waals surface area contributed by atoms with Gasteiger partial charge in [-0.15, -0.1) is 10.2 Å². The zero-order chi connectivity index (χ0) is 27.6. The van der Waals surface area contributed by atoms with E-state index in [1.807, 2.05) is 35.2 Å². The van der Waals surface area contributed by atoms with Crippen LogP contribution in [0.15, 0.2) is 77.7 Å². The van der Waals surface area contributed by atoms with Crippen molar-refractivity contribution in [3.63, 3.8) is 0 Å². The van der Waals surface area contributed by atoms with Gasteiger partial charge in [0.15, 0.2) is 5.76 Å². The van der Waals surface area contributed by atoms with Gasteiger partial charge in [-0.3, -0.25) is 14.3 Å². The second-order valence-electron chi connectivity index (χ2n) is 9.90. The zero-order valence-electron chi connectivity index (χ0n) is 22.3. The third kappa shape index (κ3) is 5.00. The molecule has 0 saturated heterocycles. The highest BCUT2D eigenvalue weighted by Gasteiger charge is 2.22. The zero-order valence-corrected chi connectivity index (χ0v) is 22.3. The van der Waals surface area contributed by atoms with E-state index in [2.05, 4.69) is 32.8 Å². The Morgan fingerprint density at radius 1 is 0.975 bits per heavy atom. The molecule has 0 fully saturated rings. The average molecular weight is 537 g/mol. The summed E-state index contributed by atoms with van der Waals surface area (Å²) in [5.41, 5.74) is 5.37. The van der Waals surface area contributed by atoms with Crippen molar-refractivity contribution in [3.8, 4) is 16.8 Å². The molecule has 0 atom stereocenters. The minimum atomic E-state index is -0.203. The van der Waals surface area contributed by atoms with Crippen molar-refractivity contribution in [1.82, 2.24) is 39.8 Å². The lowest BCUT2D eigenvalue weighted by Gasteiger charge is -2.28. The molecule has 1 aliphatic heterocycles. The van der Waals surface area contributed by atoms with Gasteiger partial charge in [0.2, 0.25) is 5.91 Å². The summed E-state index contributed by atoms with van der Waals surface area (Å²) in [4.78, 5) is 29.1. The Morgan fingerprint density at radius 2 is 1.77 bits per heavy atom. The van der Waals surface area contributed by atoms with Crippen LogP contribution in [0.3, 0.4) is 0 Å². The summed E-state index contributed by atoms with van der Waals surface area (Å²) >= 11 is 0. The highest BCUT2D eigenvalue weighted by atomic mass is 16.3. The maximum atomic E-state index is 13.0. The molecule has 0 bridgehead atoms. The van der Waals surface area contributed by atoms with E-state index in [0.29, 0.717) is 31.6 Å². The number of carbonyl (C=O) groups is 2. The van der Waals surface area contributed by atoms with Gasteiger partial charge in [-0.25, -0.2) is 4.68 Å². The van der Waals surface area contributed by atoms with Crippen molar-refractivity contribution in [1.29, 1.82) is 0 Å². The van der Waals surface area contributed by atoms with E-state index >= 15 is 0 Å². The fourth-order valence-corrected chi connectivity index (χ4v) is 4.90.